The van der Waals surface area contributed by atoms with E-state index in [1.54, 1.807) is 38.5 Å². The highest BCUT2D eigenvalue weighted by Gasteiger charge is 2.35. The maximum Gasteiger partial charge on any atom is 0.227 e. The molecular formula is C27H32N6O4. The first-order valence-corrected chi connectivity index (χ1v) is 12.4. The number of aliphatic hydroxyl groups excluding tert-OH is 1. The van der Waals surface area contributed by atoms with E-state index in [0.717, 1.165) is 43.5 Å². The highest BCUT2D eigenvalue weighted by molar-refractivity contribution is 5.91. The van der Waals surface area contributed by atoms with Gasteiger partial charge in [0.15, 0.2) is 11.5 Å². The van der Waals surface area contributed by atoms with Crippen molar-refractivity contribution in [1.29, 1.82) is 5.26 Å². The topological polar surface area (TPSA) is 130 Å². The number of likely N-dealkylation sites (tertiary alicyclic amines) is 1. The van der Waals surface area contributed by atoms with Crippen molar-refractivity contribution in [2.75, 3.05) is 64.2 Å². The smallest absolute Gasteiger partial charge is 0.227 e. The number of nitrogens with two attached hydrogens (primary N) is 1. The van der Waals surface area contributed by atoms with Crippen LogP contribution in [0.3, 0.4) is 0 Å². The molecule has 3 heterocycles. The molecule has 10 nitrogen and oxygen atoms in total. The van der Waals surface area contributed by atoms with Gasteiger partial charge in [-0.05, 0) is 48.6 Å². The number of aliphatic hydroxyl groups is 1. The van der Waals surface area contributed by atoms with E-state index in [-0.39, 0.29) is 6.61 Å². The first-order valence-electron chi connectivity index (χ1n) is 12.4. The summed E-state index contributed by atoms with van der Waals surface area (Å²) in [4.78, 5) is 14.0. The molecule has 0 aliphatic carbocycles. The lowest BCUT2D eigenvalue weighted by Gasteiger charge is -2.46. The number of fused-ring (bicyclic) bond motifs is 3. The van der Waals surface area contributed by atoms with Gasteiger partial charge in [-0.25, -0.2) is 4.98 Å². The highest BCUT2D eigenvalue weighted by Crippen LogP contribution is 2.36. The number of hydrogen-bond donors (Lipinski definition) is 2. The van der Waals surface area contributed by atoms with E-state index < -0.39 is 6.10 Å². The van der Waals surface area contributed by atoms with Crippen LogP contribution in [0.15, 0.2) is 36.4 Å². The Labute approximate surface area is 216 Å². The van der Waals surface area contributed by atoms with Gasteiger partial charge < -0.3 is 30.0 Å². The second-order valence-corrected chi connectivity index (χ2v) is 9.83. The Bertz CT molecular complexity index is 1280. The molecule has 0 amide bonds. The van der Waals surface area contributed by atoms with Crippen molar-refractivity contribution in [3.8, 4) is 23.3 Å². The van der Waals surface area contributed by atoms with Crippen molar-refractivity contribution in [2.24, 2.45) is 11.8 Å². The van der Waals surface area contributed by atoms with Crippen LogP contribution in [0.2, 0.25) is 0 Å². The second kappa shape index (κ2) is 10.7. The molecule has 10 heteroatoms. The van der Waals surface area contributed by atoms with Crippen molar-refractivity contribution < 1.29 is 19.3 Å². The molecule has 0 radical (unpaired) electrons. The molecule has 2 aliphatic rings. The predicted molar refractivity (Wildman–Crippen MR) is 140 cm³/mol. The number of nitrogen functional groups attached to an aromatic ring is 1. The van der Waals surface area contributed by atoms with Crippen molar-refractivity contribution in [3.63, 3.8) is 0 Å². The first-order chi connectivity index (χ1) is 17.9. The summed E-state index contributed by atoms with van der Waals surface area (Å²) < 4.78 is 16.5. The number of nitrogens with zero attached hydrogens (tertiary/aromatic N) is 5. The van der Waals surface area contributed by atoms with E-state index in [0.29, 0.717) is 53.0 Å². The van der Waals surface area contributed by atoms with Gasteiger partial charge in [0, 0.05) is 44.2 Å². The Kier molecular flexibility index (Phi) is 7.17. The van der Waals surface area contributed by atoms with E-state index in [9.17, 15) is 5.11 Å². The summed E-state index contributed by atoms with van der Waals surface area (Å²) >= 11 is 0. The molecule has 3 aromatic rings. The summed E-state index contributed by atoms with van der Waals surface area (Å²) in [6.45, 7) is 4.24. The van der Waals surface area contributed by atoms with Crippen LogP contribution in [0, 0.1) is 23.2 Å². The number of hydrogen-bond acceptors (Lipinski definition) is 10. The predicted octanol–water partition coefficient (Wildman–Crippen LogP) is 2.30. The zero-order chi connectivity index (χ0) is 25.9. The summed E-state index contributed by atoms with van der Waals surface area (Å²) in [6.07, 6.45) is 0.556. The standard InChI is InChI=1S/C27H32N6O4/c1-35-24-8-22-23(9-25(24)36-2)30-27(31-26(22)29)33-13-18-7-19(14-33)12-32(11-18)15-20(34)16-37-21-5-3-17(10-28)4-6-21/h3-6,8-9,18-20,34H,7,11-16H2,1-2H3,(H2,29,30,31). The molecule has 1 aromatic heterocycles. The zero-order valence-electron chi connectivity index (χ0n) is 21.1. The number of anilines is 2. The SMILES string of the molecule is COc1cc2nc(N3CC4CC(CN(CC(O)COc5ccc(C#N)cc5)C4)C3)nc(N)c2cc1OC. The molecule has 2 aromatic carbocycles. The van der Waals surface area contributed by atoms with Crippen molar-refractivity contribution in [2.45, 2.75) is 12.5 Å². The second-order valence-electron chi connectivity index (χ2n) is 9.83. The van der Waals surface area contributed by atoms with Gasteiger partial charge >= 0.3 is 0 Å². The van der Waals surface area contributed by atoms with Crippen molar-refractivity contribution in [3.05, 3.63) is 42.0 Å². The third-order valence-electron chi connectivity index (χ3n) is 7.05. The molecule has 2 bridgehead atoms. The van der Waals surface area contributed by atoms with Gasteiger partial charge in [0.2, 0.25) is 5.95 Å². The quantitative estimate of drug-likeness (QED) is 0.471. The molecular weight excluding hydrogens is 472 g/mol. The summed E-state index contributed by atoms with van der Waals surface area (Å²) in [6, 6.07) is 12.6. The number of nitriles is 1. The number of ether oxygens (including phenoxy) is 3. The molecule has 3 unspecified atom stereocenters. The summed E-state index contributed by atoms with van der Waals surface area (Å²) in [5, 5.41) is 20.2. The molecule has 3 atom stereocenters. The van der Waals surface area contributed by atoms with E-state index in [1.165, 1.54) is 0 Å². The Morgan fingerprint density at radius 1 is 1.05 bits per heavy atom. The van der Waals surface area contributed by atoms with Gasteiger partial charge in [-0.2, -0.15) is 10.2 Å². The van der Waals surface area contributed by atoms with Crippen LogP contribution >= 0.6 is 0 Å². The number of methoxy groups -OCH3 is 2. The average Bonchev–Trinajstić information content (AvgIpc) is 2.90. The van der Waals surface area contributed by atoms with E-state index in [1.807, 2.05) is 12.1 Å². The summed E-state index contributed by atoms with van der Waals surface area (Å²) in [7, 11) is 3.19. The molecule has 0 saturated carbocycles. The van der Waals surface area contributed by atoms with Crippen molar-refractivity contribution in [1.82, 2.24) is 14.9 Å². The lowest BCUT2D eigenvalue weighted by molar-refractivity contribution is 0.0334. The monoisotopic (exact) mass is 504 g/mol. The van der Waals surface area contributed by atoms with Crippen LogP contribution in [0.1, 0.15) is 12.0 Å². The van der Waals surface area contributed by atoms with E-state index in [2.05, 4.69) is 20.9 Å². The maximum absolute atomic E-state index is 10.6. The highest BCUT2D eigenvalue weighted by atomic mass is 16.5. The number of rotatable bonds is 8. The molecule has 2 saturated heterocycles. The molecule has 2 aliphatic heterocycles. The van der Waals surface area contributed by atoms with Gasteiger partial charge in [0.25, 0.3) is 0 Å². The lowest BCUT2D eigenvalue weighted by Crippen LogP contribution is -2.54. The normalized spacial score (nSPS) is 20.3. The molecule has 3 N–H and O–H groups in total. The fourth-order valence-corrected chi connectivity index (χ4v) is 5.48. The van der Waals surface area contributed by atoms with Crippen LogP contribution < -0.4 is 24.8 Å². The van der Waals surface area contributed by atoms with Gasteiger partial charge in [-0.3, -0.25) is 4.90 Å². The number of β-amino-alcohol motifs (C(OH)–C–C–N with tert-alkyl or cyclic N) is 1. The molecule has 5 rings (SSSR count). The molecule has 37 heavy (non-hydrogen) atoms. The van der Waals surface area contributed by atoms with Crippen LogP contribution in [-0.4, -0.2) is 79.6 Å². The van der Waals surface area contributed by atoms with Gasteiger partial charge in [-0.1, -0.05) is 0 Å². The average molecular weight is 505 g/mol. The minimum atomic E-state index is -0.596. The number of piperidine rings is 2. The molecule has 194 valence electrons. The molecule has 0 spiro atoms. The Hall–Kier alpha value is -3.81. The van der Waals surface area contributed by atoms with Crippen LogP contribution in [0.25, 0.3) is 10.9 Å². The first kappa shape index (κ1) is 24.9. The van der Waals surface area contributed by atoms with E-state index in [4.69, 9.17) is 30.2 Å². The third kappa shape index (κ3) is 5.48. The lowest BCUT2D eigenvalue weighted by atomic mass is 9.84. The van der Waals surface area contributed by atoms with E-state index >= 15 is 0 Å². The minimum absolute atomic E-state index is 0.211. The Morgan fingerprint density at radius 2 is 1.73 bits per heavy atom. The van der Waals surface area contributed by atoms with Crippen LogP contribution in [0.4, 0.5) is 11.8 Å². The van der Waals surface area contributed by atoms with Gasteiger partial charge in [-0.15, -0.1) is 0 Å². The van der Waals surface area contributed by atoms with Crippen LogP contribution in [0.5, 0.6) is 17.2 Å². The van der Waals surface area contributed by atoms with Gasteiger partial charge in [0.05, 0.1) is 31.4 Å². The number of aromatic nitrogens is 2. The maximum atomic E-state index is 10.6. The van der Waals surface area contributed by atoms with Crippen molar-refractivity contribution >= 4 is 22.7 Å². The number of benzene rings is 2. The summed E-state index contributed by atoms with van der Waals surface area (Å²) in [5.41, 5.74) is 7.63. The van der Waals surface area contributed by atoms with Gasteiger partial charge in [0.1, 0.15) is 24.3 Å². The Balaban J connectivity index is 1.20. The fraction of sp³-hybridized carbons (Fsp3) is 0.444. The summed E-state index contributed by atoms with van der Waals surface area (Å²) in [5.74, 6) is 3.80. The fourth-order valence-electron chi connectivity index (χ4n) is 5.48. The third-order valence-corrected chi connectivity index (χ3v) is 7.05. The zero-order valence-corrected chi connectivity index (χ0v) is 21.1. The van der Waals surface area contributed by atoms with Crippen LogP contribution in [-0.2, 0) is 0 Å². The largest absolute Gasteiger partial charge is 0.493 e. The Morgan fingerprint density at radius 3 is 2.38 bits per heavy atom. The minimum Gasteiger partial charge on any atom is -0.493 e. The molecule has 2 fully saturated rings.